The van der Waals surface area contributed by atoms with Crippen LogP contribution in [0.15, 0.2) is 24.3 Å². The fraction of sp³-hybridized carbons (Fsp3) is 0.462. The minimum absolute atomic E-state index is 0.223. The van der Waals surface area contributed by atoms with Gasteiger partial charge in [0.1, 0.15) is 0 Å². The highest BCUT2D eigenvalue weighted by molar-refractivity contribution is 5.68. The Morgan fingerprint density at radius 2 is 2.13 bits per heavy atom. The summed E-state index contributed by atoms with van der Waals surface area (Å²) < 4.78 is 0. The van der Waals surface area contributed by atoms with Crippen molar-refractivity contribution in [2.45, 2.75) is 38.0 Å². The minimum atomic E-state index is -0.684. The van der Waals surface area contributed by atoms with Crippen LogP contribution in [0.2, 0.25) is 0 Å². The topological polar surface area (TPSA) is 37.3 Å². The Labute approximate surface area is 89.9 Å². The van der Waals surface area contributed by atoms with Gasteiger partial charge in [-0.05, 0) is 36.3 Å². The molecular formula is C13H16O2. The zero-order valence-corrected chi connectivity index (χ0v) is 8.78. The molecule has 2 heteroatoms. The predicted molar refractivity (Wildman–Crippen MR) is 59.0 cm³/mol. The molecule has 1 atom stereocenters. The minimum Gasteiger partial charge on any atom is -0.481 e. The van der Waals surface area contributed by atoms with E-state index in [0.717, 1.165) is 19.3 Å². The second-order valence-corrected chi connectivity index (χ2v) is 4.24. The number of fused-ring (bicyclic) bond motifs is 1. The van der Waals surface area contributed by atoms with E-state index in [0.29, 0.717) is 0 Å². The maximum Gasteiger partial charge on any atom is 0.303 e. The third kappa shape index (κ3) is 2.38. The molecule has 80 valence electrons. The molecule has 1 aliphatic rings. The van der Waals surface area contributed by atoms with Crippen LogP contribution in [0.4, 0.5) is 0 Å². The molecule has 0 heterocycles. The Kier molecular flexibility index (Phi) is 3.05. The van der Waals surface area contributed by atoms with E-state index in [9.17, 15) is 4.79 Å². The standard InChI is InChI=1S/C13H16O2/c14-13(15)9-11-7-2-1-5-10-6-3-4-8-12(10)11/h3-4,6,8,11H,1-2,5,7,9H2,(H,14,15)/t11-/m0/s1. The highest BCUT2D eigenvalue weighted by Gasteiger charge is 2.20. The zero-order chi connectivity index (χ0) is 10.7. The van der Waals surface area contributed by atoms with E-state index in [4.69, 9.17) is 5.11 Å². The Balaban J connectivity index is 2.28. The van der Waals surface area contributed by atoms with Crippen LogP contribution in [0, 0.1) is 0 Å². The summed E-state index contributed by atoms with van der Waals surface area (Å²) in [5, 5.41) is 8.88. The van der Waals surface area contributed by atoms with Crippen LogP contribution in [0.25, 0.3) is 0 Å². The number of carbonyl (C=O) groups is 1. The highest BCUT2D eigenvalue weighted by Crippen LogP contribution is 2.32. The number of rotatable bonds is 2. The van der Waals surface area contributed by atoms with Crippen LogP contribution in [0.1, 0.15) is 42.7 Å². The smallest absolute Gasteiger partial charge is 0.303 e. The lowest BCUT2D eigenvalue weighted by molar-refractivity contribution is -0.137. The van der Waals surface area contributed by atoms with E-state index in [2.05, 4.69) is 12.1 Å². The monoisotopic (exact) mass is 204 g/mol. The Morgan fingerprint density at radius 3 is 2.93 bits per heavy atom. The van der Waals surface area contributed by atoms with Gasteiger partial charge in [0, 0.05) is 0 Å². The van der Waals surface area contributed by atoms with Crippen LogP contribution < -0.4 is 0 Å². The van der Waals surface area contributed by atoms with Gasteiger partial charge in [0.15, 0.2) is 0 Å². The molecule has 2 nitrogen and oxygen atoms in total. The summed E-state index contributed by atoms with van der Waals surface area (Å²) in [6, 6.07) is 8.28. The van der Waals surface area contributed by atoms with Crippen molar-refractivity contribution in [2.24, 2.45) is 0 Å². The predicted octanol–water partition coefficient (Wildman–Crippen LogP) is 2.97. The van der Waals surface area contributed by atoms with Crippen molar-refractivity contribution < 1.29 is 9.90 Å². The van der Waals surface area contributed by atoms with E-state index < -0.39 is 5.97 Å². The van der Waals surface area contributed by atoms with Gasteiger partial charge in [-0.1, -0.05) is 30.7 Å². The lowest BCUT2D eigenvalue weighted by atomic mass is 9.90. The number of carboxylic acid groups (broad SMARTS) is 1. The SMILES string of the molecule is O=C(O)C[C@@H]1CCCCc2ccccc21. The van der Waals surface area contributed by atoms with Crippen LogP contribution in [-0.4, -0.2) is 11.1 Å². The van der Waals surface area contributed by atoms with E-state index in [1.807, 2.05) is 12.1 Å². The fourth-order valence-corrected chi connectivity index (χ4v) is 2.44. The molecule has 0 radical (unpaired) electrons. The van der Waals surface area contributed by atoms with Crippen molar-refractivity contribution >= 4 is 5.97 Å². The summed E-state index contributed by atoms with van der Waals surface area (Å²) in [6.07, 6.45) is 4.73. The Bertz CT molecular complexity index is 357. The first-order valence-electron chi connectivity index (χ1n) is 5.57. The molecule has 0 aliphatic heterocycles. The normalized spacial score (nSPS) is 20.4. The van der Waals surface area contributed by atoms with Gasteiger partial charge in [-0.25, -0.2) is 0 Å². The molecule has 15 heavy (non-hydrogen) atoms. The van der Waals surface area contributed by atoms with Crippen molar-refractivity contribution in [3.05, 3.63) is 35.4 Å². The Hall–Kier alpha value is -1.31. The molecule has 1 aromatic carbocycles. The third-order valence-electron chi connectivity index (χ3n) is 3.16. The average Bonchev–Trinajstić information content (AvgIpc) is 2.41. The zero-order valence-electron chi connectivity index (χ0n) is 8.78. The average molecular weight is 204 g/mol. The molecule has 1 aromatic rings. The second kappa shape index (κ2) is 4.47. The molecule has 0 saturated carbocycles. The first-order valence-corrected chi connectivity index (χ1v) is 5.57. The summed E-state index contributed by atoms with van der Waals surface area (Å²) in [6.45, 7) is 0. The maximum atomic E-state index is 10.8. The summed E-state index contributed by atoms with van der Waals surface area (Å²) in [4.78, 5) is 10.8. The van der Waals surface area contributed by atoms with Gasteiger partial charge in [-0.3, -0.25) is 4.79 Å². The maximum absolute atomic E-state index is 10.8. The van der Waals surface area contributed by atoms with Crippen molar-refractivity contribution in [3.8, 4) is 0 Å². The molecule has 0 spiro atoms. The molecule has 0 fully saturated rings. The number of carboxylic acids is 1. The molecule has 0 unspecified atom stereocenters. The first-order chi connectivity index (χ1) is 7.27. The summed E-state index contributed by atoms with van der Waals surface area (Å²) in [7, 11) is 0. The van der Waals surface area contributed by atoms with Gasteiger partial charge >= 0.3 is 5.97 Å². The lowest BCUT2D eigenvalue weighted by Crippen LogP contribution is -2.06. The summed E-state index contributed by atoms with van der Waals surface area (Å²) in [5.41, 5.74) is 2.61. The van der Waals surface area contributed by atoms with Crippen molar-refractivity contribution in [2.75, 3.05) is 0 Å². The van der Waals surface area contributed by atoms with Crippen molar-refractivity contribution in [1.29, 1.82) is 0 Å². The van der Waals surface area contributed by atoms with E-state index >= 15 is 0 Å². The fourth-order valence-electron chi connectivity index (χ4n) is 2.44. The number of aliphatic carboxylic acids is 1. The number of benzene rings is 1. The van der Waals surface area contributed by atoms with Crippen LogP contribution >= 0.6 is 0 Å². The van der Waals surface area contributed by atoms with Crippen LogP contribution in [0.5, 0.6) is 0 Å². The van der Waals surface area contributed by atoms with Crippen LogP contribution in [-0.2, 0) is 11.2 Å². The first kappa shape index (κ1) is 10.2. The van der Waals surface area contributed by atoms with Gasteiger partial charge in [-0.15, -0.1) is 0 Å². The molecule has 0 amide bonds. The van der Waals surface area contributed by atoms with Crippen LogP contribution in [0.3, 0.4) is 0 Å². The van der Waals surface area contributed by atoms with Gasteiger partial charge < -0.3 is 5.11 Å². The number of aryl methyl sites for hydroxylation is 1. The van der Waals surface area contributed by atoms with Gasteiger partial charge in [-0.2, -0.15) is 0 Å². The lowest BCUT2D eigenvalue weighted by Gasteiger charge is -2.15. The van der Waals surface area contributed by atoms with Crippen molar-refractivity contribution in [3.63, 3.8) is 0 Å². The van der Waals surface area contributed by atoms with E-state index in [-0.39, 0.29) is 12.3 Å². The number of hydrogen-bond donors (Lipinski definition) is 1. The van der Waals surface area contributed by atoms with Gasteiger partial charge in [0.2, 0.25) is 0 Å². The van der Waals surface area contributed by atoms with E-state index in [1.54, 1.807) is 0 Å². The number of hydrogen-bond acceptors (Lipinski definition) is 1. The molecule has 1 N–H and O–H groups in total. The second-order valence-electron chi connectivity index (χ2n) is 4.24. The highest BCUT2D eigenvalue weighted by atomic mass is 16.4. The molecule has 0 aromatic heterocycles. The Morgan fingerprint density at radius 1 is 1.33 bits per heavy atom. The van der Waals surface area contributed by atoms with Crippen molar-refractivity contribution in [1.82, 2.24) is 0 Å². The molecular weight excluding hydrogens is 188 g/mol. The molecule has 0 bridgehead atoms. The molecule has 1 aliphatic carbocycles. The summed E-state index contributed by atoms with van der Waals surface area (Å²) >= 11 is 0. The van der Waals surface area contributed by atoms with E-state index in [1.165, 1.54) is 17.5 Å². The molecule has 2 rings (SSSR count). The van der Waals surface area contributed by atoms with Gasteiger partial charge in [0.25, 0.3) is 0 Å². The quantitative estimate of drug-likeness (QED) is 0.752. The molecule has 0 saturated heterocycles. The summed E-state index contributed by atoms with van der Waals surface area (Å²) in [5.74, 6) is -0.460. The van der Waals surface area contributed by atoms with Gasteiger partial charge in [0.05, 0.1) is 6.42 Å². The third-order valence-corrected chi connectivity index (χ3v) is 3.16. The largest absolute Gasteiger partial charge is 0.481 e.